The lowest BCUT2D eigenvalue weighted by Gasteiger charge is -2.13. The van der Waals surface area contributed by atoms with Gasteiger partial charge in [0.15, 0.2) is 4.67 Å². The fraction of sp³-hybridized carbons (Fsp3) is 0.167. The SMILES string of the molecule is CC(NC(=O)c1ccoc1Br)c1ccncc1. The van der Waals surface area contributed by atoms with Crippen molar-refractivity contribution in [3.8, 4) is 0 Å². The van der Waals surface area contributed by atoms with Crippen LogP contribution < -0.4 is 5.32 Å². The number of hydrogen-bond donors (Lipinski definition) is 1. The molecule has 88 valence electrons. The van der Waals surface area contributed by atoms with Crippen LogP contribution in [0, 0.1) is 0 Å². The summed E-state index contributed by atoms with van der Waals surface area (Å²) < 4.78 is 5.46. The molecule has 0 saturated heterocycles. The average molecular weight is 295 g/mol. The molecule has 1 amide bonds. The molecule has 0 aliphatic heterocycles. The Morgan fingerprint density at radius 2 is 2.12 bits per heavy atom. The molecule has 5 heteroatoms. The van der Waals surface area contributed by atoms with E-state index in [9.17, 15) is 4.79 Å². The first-order valence-electron chi connectivity index (χ1n) is 5.12. The summed E-state index contributed by atoms with van der Waals surface area (Å²) in [6.45, 7) is 1.92. The van der Waals surface area contributed by atoms with Crippen LogP contribution in [0.4, 0.5) is 0 Å². The van der Waals surface area contributed by atoms with E-state index in [1.807, 2.05) is 19.1 Å². The van der Waals surface area contributed by atoms with Gasteiger partial charge in [0.1, 0.15) is 0 Å². The Morgan fingerprint density at radius 3 is 2.71 bits per heavy atom. The number of aromatic nitrogens is 1. The standard InChI is InChI=1S/C12H11BrN2O2/c1-8(9-2-5-14-6-3-9)15-12(16)10-4-7-17-11(10)13/h2-8H,1H3,(H,15,16). The van der Waals surface area contributed by atoms with E-state index in [0.29, 0.717) is 10.2 Å². The zero-order valence-electron chi connectivity index (χ0n) is 9.18. The van der Waals surface area contributed by atoms with Gasteiger partial charge in [0.2, 0.25) is 0 Å². The zero-order chi connectivity index (χ0) is 12.3. The van der Waals surface area contributed by atoms with Gasteiger partial charge in [-0.2, -0.15) is 0 Å². The normalized spacial score (nSPS) is 12.1. The summed E-state index contributed by atoms with van der Waals surface area (Å²) in [6, 6.07) is 5.29. The van der Waals surface area contributed by atoms with E-state index in [1.54, 1.807) is 18.5 Å². The molecule has 17 heavy (non-hydrogen) atoms. The Hall–Kier alpha value is -1.62. The van der Waals surface area contributed by atoms with Crippen molar-refractivity contribution in [2.24, 2.45) is 0 Å². The first-order valence-corrected chi connectivity index (χ1v) is 5.91. The van der Waals surface area contributed by atoms with Crippen LogP contribution in [-0.4, -0.2) is 10.9 Å². The summed E-state index contributed by atoms with van der Waals surface area (Å²) in [4.78, 5) is 15.8. The first kappa shape index (κ1) is 11.9. The highest BCUT2D eigenvalue weighted by Gasteiger charge is 2.15. The smallest absolute Gasteiger partial charge is 0.256 e. The summed E-state index contributed by atoms with van der Waals surface area (Å²) in [6.07, 6.45) is 4.87. The van der Waals surface area contributed by atoms with Gasteiger partial charge in [-0.3, -0.25) is 9.78 Å². The van der Waals surface area contributed by atoms with Gasteiger partial charge < -0.3 is 9.73 Å². The van der Waals surface area contributed by atoms with Gasteiger partial charge in [-0.05, 0) is 46.6 Å². The van der Waals surface area contributed by atoms with Crippen LogP contribution in [0.1, 0.15) is 28.9 Å². The number of halogens is 1. The predicted octanol–water partition coefficient (Wildman–Crippen LogP) is 2.93. The van der Waals surface area contributed by atoms with Crippen LogP contribution in [0.15, 0.2) is 45.9 Å². The maximum atomic E-state index is 11.9. The lowest BCUT2D eigenvalue weighted by atomic mass is 10.1. The minimum Gasteiger partial charge on any atom is -0.457 e. The molecule has 0 aromatic carbocycles. The van der Waals surface area contributed by atoms with Crippen molar-refractivity contribution in [1.29, 1.82) is 0 Å². The number of carbonyl (C=O) groups excluding carboxylic acids is 1. The van der Waals surface area contributed by atoms with E-state index in [-0.39, 0.29) is 11.9 Å². The van der Waals surface area contributed by atoms with E-state index in [1.165, 1.54) is 6.26 Å². The Balaban J connectivity index is 2.08. The van der Waals surface area contributed by atoms with E-state index >= 15 is 0 Å². The molecule has 0 saturated carbocycles. The molecule has 2 rings (SSSR count). The number of amides is 1. The van der Waals surface area contributed by atoms with Crippen molar-refractivity contribution < 1.29 is 9.21 Å². The number of pyridine rings is 1. The molecule has 0 fully saturated rings. The number of carbonyl (C=O) groups is 1. The van der Waals surface area contributed by atoms with Crippen LogP contribution in [0.2, 0.25) is 0 Å². The monoisotopic (exact) mass is 294 g/mol. The topological polar surface area (TPSA) is 55.1 Å². The van der Waals surface area contributed by atoms with Gasteiger partial charge >= 0.3 is 0 Å². The van der Waals surface area contributed by atoms with E-state index in [2.05, 4.69) is 26.2 Å². The molecule has 2 heterocycles. The van der Waals surface area contributed by atoms with E-state index in [4.69, 9.17) is 4.42 Å². The lowest BCUT2D eigenvalue weighted by Crippen LogP contribution is -2.26. The average Bonchev–Trinajstić information content (AvgIpc) is 2.76. The first-order chi connectivity index (χ1) is 8.18. The van der Waals surface area contributed by atoms with Gasteiger partial charge in [0.25, 0.3) is 5.91 Å². The number of furan rings is 1. The zero-order valence-corrected chi connectivity index (χ0v) is 10.8. The van der Waals surface area contributed by atoms with Gasteiger partial charge in [-0.1, -0.05) is 0 Å². The molecule has 0 aliphatic rings. The molecule has 0 spiro atoms. The third-order valence-corrected chi connectivity index (χ3v) is 3.03. The van der Waals surface area contributed by atoms with Gasteiger partial charge in [-0.15, -0.1) is 0 Å². The van der Waals surface area contributed by atoms with Crippen LogP contribution in [0.5, 0.6) is 0 Å². The third-order valence-electron chi connectivity index (χ3n) is 2.42. The maximum absolute atomic E-state index is 11.9. The van der Waals surface area contributed by atoms with Crippen LogP contribution >= 0.6 is 15.9 Å². The molecular formula is C12H11BrN2O2. The number of hydrogen-bond acceptors (Lipinski definition) is 3. The number of rotatable bonds is 3. The number of nitrogens with zero attached hydrogens (tertiary/aromatic N) is 1. The van der Waals surface area contributed by atoms with E-state index < -0.39 is 0 Å². The van der Waals surface area contributed by atoms with Crippen molar-refractivity contribution in [3.05, 3.63) is 52.7 Å². The Bertz CT molecular complexity index is 510. The second-order valence-corrected chi connectivity index (χ2v) is 4.30. The predicted molar refractivity (Wildman–Crippen MR) is 66.5 cm³/mol. The molecule has 1 atom stereocenters. The molecule has 2 aromatic heterocycles. The maximum Gasteiger partial charge on any atom is 0.256 e. The van der Waals surface area contributed by atoms with Gasteiger partial charge in [0, 0.05) is 12.4 Å². The summed E-state index contributed by atoms with van der Waals surface area (Å²) in [5.41, 5.74) is 1.50. The molecule has 4 nitrogen and oxygen atoms in total. The quantitative estimate of drug-likeness (QED) is 0.947. The third kappa shape index (κ3) is 2.74. The second kappa shape index (κ2) is 5.14. The van der Waals surface area contributed by atoms with Crippen molar-refractivity contribution in [1.82, 2.24) is 10.3 Å². The second-order valence-electron chi connectivity index (χ2n) is 3.58. The van der Waals surface area contributed by atoms with Crippen molar-refractivity contribution in [2.45, 2.75) is 13.0 Å². The Kier molecular flexibility index (Phi) is 3.58. The van der Waals surface area contributed by atoms with Gasteiger partial charge in [0.05, 0.1) is 17.9 Å². The minimum absolute atomic E-state index is 0.0766. The summed E-state index contributed by atoms with van der Waals surface area (Å²) in [7, 11) is 0. The number of nitrogens with one attached hydrogen (secondary N) is 1. The fourth-order valence-electron chi connectivity index (χ4n) is 1.47. The minimum atomic E-state index is -0.171. The highest BCUT2D eigenvalue weighted by molar-refractivity contribution is 9.10. The summed E-state index contributed by atoms with van der Waals surface area (Å²) >= 11 is 3.18. The molecule has 0 radical (unpaired) electrons. The molecular weight excluding hydrogens is 284 g/mol. The molecule has 1 unspecified atom stereocenters. The Labute approximate surface area is 107 Å². The van der Waals surface area contributed by atoms with Crippen LogP contribution in [-0.2, 0) is 0 Å². The fourth-order valence-corrected chi connectivity index (χ4v) is 1.89. The molecule has 0 aliphatic carbocycles. The lowest BCUT2D eigenvalue weighted by molar-refractivity contribution is 0.0938. The Morgan fingerprint density at radius 1 is 1.41 bits per heavy atom. The van der Waals surface area contributed by atoms with Crippen molar-refractivity contribution in [2.75, 3.05) is 0 Å². The summed E-state index contributed by atoms with van der Waals surface area (Å²) in [5.74, 6) is -0.171. The van der Waals surface area contributed by atoms with E-state index in [0.717, 1.165) is 5.56 Å². The van der Waals surface area contributed by atoms with Crippen LogP contribution in [0.25, 0.3) is 0 Å². The molecule has 2 aromatic rings. The highest BCUT2D eigenvalue weighted by Crippen LogP contribution is 2.19. The van der Waals surface area contributed by atoms with Gasteiger partial charge in [-0.25, -0.2) is 0 Å². The summed E-state index contributed by atoms with van der Waals surface area (Å²) in [5, 5.41) is 2.88. The van der Waals surface area contributed by atoms with Crippen molar-refractivity contribution in [3.63, 3.8) is 0 Å². The largest absolute Gasteiger partial charge is 0.457 e. The molecule has 1 N–H and O–H groups in total. The highest BCUT2D eigenvalue weighted by atomic mass is 79.9. The van der Waals surface area contributed by atoms with Crippen LogP contribution in [0.3, 0.4) is 0 Å². The van der Waals surface area contributed by atoms with Crippen molar-refractivity contribution >= 4 is 21.8 Å². The molecule has 0 bridgehead atoms.